The standard InChI is InChI=1S/C12H24N2.CH4/c1-2-10-14(9-1)11-6-12-4-3-7-13-8-5-12;/h12-13H,1-11H2;1H4. The lowest BCUT2D eigenvalue weighted by molar-refractivity contribution is 0.292. The third-order valence-electron chi connectivity index (χ3n) is 3.75. The molecule has 2 heteroatoms. The van der Waals surface area contributed by atoms with Crippen molar-refractivity contribution in [3.8, 4) is 0 Å². The van der Waals surface area contributed by atoms with Crippen LogP contribution < -0.4 is 5.32 Å². The molecule has 2 rings (SSSR count). The van der Waals surface area contributed by atoms with Gasteiger partial charge >= 0.3 is 0 Å². The van der Waals surface area contributed by atoms with Gasteiger partial charge in [-0.2, -0.15) is 0 Å². The number of hydrogen-bond donors (Lipinski definition) is 1. The van der Waals surface area contributed by atoms with Gasteiger partial charge in [-0.15, -0.1) is 0 Å². The van der Waals surface area contributed by atoms with E-state index in [1.807, 2.05) is 0 Å². The fraction of sp³-hybridized carbons (Fsp3) is 1.00. The van der Waals surface area contributed by atoms with Crippen molar-refractivity contribution in [1.82, 2.24) is 10.2 Å². The van der Waals surface area contributed by atoms with Gasteiger partial charge in [0.1, 0.15) is 0 Å². The maximum Gasteiger partial charge on any atom is -0.00161 e. The molecule has 0 radical (unpaired) electrons. The second-order valence-electron chi connectivity index (χ2n) is 4.88. The Balaban J connectivity index is 0.00000112. The Morgan fingerprint density at radius 3 is 2.60 bits per heavy atom. The minimum atomic E-state index is 0. The summed E-state index contributed by atoms with van der Waals surface area (Å²) in [5.74, 6) is 1.01. The Morgan fingerprint density at radius 2 is 1.80 bits per heavy atom. The Morgan fingerprint density at radius 1 is 1.00 bits per heavy atom. The van der Waals surface area contributed by atoms with E-state index in [1.165, 1.54) is 71.2 Å². The Labute approximate surface area is 95.4 Å². The second-order valence-corrected chi connectivity index (χ2v) is 4.88. The van der Waals surface area contributed by atoms with Crippen molar-refractivity contribution in [2.45, 2.75) is 46.0 Å². The number of likely N-dealkylation sites (tertiary alicyclic amines) is 1. The van der Waals surface area contributed by atoms with E-state index in [0.29, 0.717) is 0 Å². The van der Waals surface area contributed by atoms with Crippen LogP contribution in [0, 0.1) is 5.92 Å². The zero-order chi connectivity index (χ0) is 9.64. The summed E-state index contributed by atoms with van der Waals surface area (Å²) in [5.41, 5.74) is 0. The van der Waals surface area contributed by atoms with E-state index in [9.17, 15) is 0 Å². The zero-order valence-electron chi connectivity index (χ0n) is 9.30. The highest BCUT2D eigenvalue weighted by molar-refractivity contribution is 4.71. The van der Waals surface area contributed by atoms with Crippen molar-refractivity contribution in [1.29, 1.82) is 0 Å². The van der Waals surface area contributed by atoms with E-state index < -0.39 is 0 Å². The van der Waals surface area contributed by atoms with Crippen LogP contribution in [0.4, 0.5) is 0 Å². The van der Waals surface area contributed by atoms with Gasteiger partial charge in [0.05, 0.1) is 0 Å². The predicted molar refractivity (Wildman–Crippen MR) is 67.2 cm³/mol. The molecule has 0 aromatic carbocycles. The minimum absolute atomic E-state index is 0. The average molecular weight is 212 g/mol. The van der Waals surface area contributed by atoms with E-state index in [2.05, 4.69) is 10.2 Å². The molecule has 2 saturated heterocycles. The van der Waals surface area contributed by atoms with Gasteiger partial charge in [0.15, 0.2) is 0 Å². The van der Waals surface area contributed by atoms with Crippen LogP contribution in [0.15, 0.2) is 0 Å². The second kappa shape index (κ2) is 7.24. The first-order valence-electron chi connectivity index (χ1n) is 6.38. The van der Waals surface area contributed by atoms with Crippen molar-refractivity contribution in [2.24, 2.45) is 5.92 Å². The maximum absolute atomic E-state index is 3.49. The first kappa shape index (κ1) is 13.0. The highest BCUT2D eigenvalue weighted by atomic mass is 15.1. The molecule has 0 aromatic rings. The van der Waals surface area contributed by atoms with E-state index in [1.54, 1.807) is 0 Å². The molecule has 2 fully saturated rings. The van der Waals surface area contributed by atoms with Gasteiger partial charge in [0, 0.05) is 0 Å². The Kier molecular flexibility index (Phi) is 6.26. The maximum atomic E-state index is 3.49. The first-order valence-corrected chi connectivity index (χ1v) is 6.38. The fourth-order valence-corrected chi connectivity index (χ4v) is 2.75. The molecule has 0 bridgehead atoms. The smallest absolute Gasteiger partial charge is 0.00161 e. The molecule has 2 aliphatic rings. The van der Waals surface area contributed by atoms with Gasteiger partial charge in [-0.3, -0.25) is 0 Å². The van der Waals surface area contributed by atoms with Crippen molar-refractivity contribution >= 4 is 0 Å². The normalized spacial score (nSPS) is 28.4. The SMILES string of the molecule is C.C1CNCCC(CCN2CCCC2)C1. The molecule has 1 unspecified atom stereocenters. The molecule has 0 saturated carbocycles. The van der Waals surface area contributed by atoms with E-state index in [4.69, 9.17) is 0 Å². The molecule has 15 heavy (non-hydrogen) atoms. The van der Waals surface area contributed by atoms with Crippen LogP contribution in [-0.2, 0) is 0 Å². The summed E-state index contributed by atoms with van der Waals surface area (Å²) >= 11 is 0. The van der Waals surface area contributed by atoms with Gasteiger partial charge in [0.2, 0.25) is 0 Å². The molecule has 2 heterocycles. The molecule has 0 aromatic heterocycles. The van der Waals surface area contributed by atoms with Gasteiger partial charge in [-0.05, 0) is 77.2 Å². The van der Waals surface area contributed by atoms with Gasteiger partial charge < -0.3 is 10.2 Å². The summed E-state index contributed by atoms with van der Waals surface area (Å²) in [6.45, 7) is 6.60. The van der Waals surface area contributed by atoms with E-state index in [0.717, 1.165) is 5.92 Å². The third kappa shape index (κ3) is 4.52. The van der Waals surface area contributed by atoms with Gasteiger partial charge in [-0.25, -0.2) is 0 Å². The average Bonchev–Trinajstić information content (AvgIpc) is 2.58. The highest BCUT2D eigenvalue weighted by Crippen LogP contribution is 2.19. The summed E-state index contributed by atoms with van der Waals surface area (Å²) in [7, 11) is 0. The third-order valence-corrected chi connectivity index (χ3v) is 3.75. The largest absolute Gasteiger partial charge is 0.317 e. The van der Waals surface area contributed by atoms with E-state index in [-0.39, 0.29) is 7.43 Å². The summed E-state index contributed by atoms with van der Waals surface area (Å²) in [6.07, 6.45) is 8.58. The molecule has 2 nitrogen and oxygen atoms in total. The molecular formula is C13H28N2. The summed E-state index contributed by atoms with van der Waals surface area (Å²) in [5, 5.41) is 3.49. The molecular weight excluding hydrogens is 184 g/mol. The van der Waals surface area contributed by atoms with Crippen molar-refractivity contribution in [3.63, 3.8) is 0 Å². The number of rotatable bonds is 3. The van der Waals surface area contributed by atoms with Gasteiger partial charge in [-0.1, -0.05) is 7.43 Å². The van der Waals surface area contributed by atoms with Gasteiger partial charge in [0.25, 0.3) is 0 Å². The van der Waals surface area contributed by atoms with Crippen LogP contribution in [0.25, 0.3) is 0 Å². The minimum Gasteiger partial charge on any atom is -0.317 e. The van der Waals surface area contributed by atoms with E-state index >= 15 is 0 Å². The zero-order valence-corrected chi connectivity index (χ0v) is 9.30. The summed E-state index contributed by atoms with van der Waals surface area (Å²) in [6, 6.07) is 0. The number of hydrogen-bond acceptors (Lipinski definition) is 2. The monoisotopic (exact) mass is 212 g/mol. The van der Waals surface area contributed by atoms with Crippen molar-refractivity contribution < 1.29 is 0 Å². The molecule has 0 spiro atoms. The lowest BCUT2D eigenvalue weighted by Gasteiger charge is -2.19. The van der Waals surface area contributed by atoms with Crippen LogP contribution in [0.2, 0.25) is 0 Å². The quantitative estimate of drug-likeness (QED) is 0.773. The van der Waals surface area contributed by atoms with Crippen LogP contribution in [0.1, 0.15) is 46.0 Å². The molecule has 2 aliphatic heterocycles. The summed E-state index contributed by atoms with van der Waals surface area (Å²) < 4.78 is 0. The van der Waals surface area contributed by atoms with Crippen LogP contribution in [0.3, 0.4) is 0 Å². The van der Waals surface area contributed by atoms with Crippen LogP contribution in [-0.4, -0.2) is 37.6 Å². The summed E-state index contributed by atoms with van der Waals surface area (Å²) in [4.78, 5) is 2.65. The molecule has 90 valence electrons. The topological polar surface area (TPSA) is 15.3 Å². The predicted octanol–water partition coefficient (Wildman–Crippen LogP) is 2.50. The molecule has 1 atom stereocenters. The lowest BCUT2D eigenvalue weighted by Crippen LogP contribution is -2.23. The molecule has 0 amide bonds. The van der Waals surface area contributed by atoms with Crippen molar-refractivity contribution in [3.05, 3.63) is 0 Å². The number of nitrogens with zero attached hydrogens (tertiary/aromatic N) is 1. The van der Waals surface area contributed by atoms with Crippen molar-refractivity contribution in [2.75, 3.05) is 32.7 Å². The Bertz CT molecular complexity index is 145. The number of nitrogens with one attached hydrogen (secondary N) is 1. The highest BCUT2D eigenvalue weighted by Gasteiger charge is 2.15. The van der Waals surface area contributed by atoms with Crippen LogP contribution >= 0.6 is 0 Å². The first-order chi connectivity index (χ1) is 6.95. The molecule has 0 aliphatic carbocycles. The lowest BCUT2D eigenvalue weighted by atomic mass is 9.97. The molecule has 1 N–H and O–H groups in total. The Hall–Kier alpha value is -0.0800. The fourth-order valence-electron chi connectivity index (χ4n) is 2.75. The van der Waals surface area contributed by atoms with Crippen LogP contribution in [0.5, 0.6) is 0 Å².